The third kappa shape index (κ3) is 5.50. The number of rotatable bonds is 6. The molecular weight excluding hydrogens is 492 g/mol. The molecule has 1 amide bonds. The van der Waals surface area contributed by atoms with Crippen LogP contribution in [0.4, 0.5) is 0 Å². The average Bonchev–Trinajstić information content (AvgIpc) is 2.84. The van der Waals surface area contributed by atoms with Gasteiger partial charge in [-0.15, -0.1) is 0 Å². The summed E-state index contributed by atoms with van der Waals surface area (Å²) < 4.78 is 22.6. The predicted molar refractivity (Wildman–Crippen MR) is 125 cm³/mol. The van der Waals surface area contributed by atoms with Crippen molar-refractivity contribution in [2.45, 2.75) is 0 Å². The molecule has 4 rings (SSSR count). The van der Waals surface area contributed by atoms with Crippen molar-refractivity contribution in [3.8, 4) is 23.0 Å². The monoisotopic (exact) mass is 510 g/mol. The molecular formula is C24H19BrN2O6. The molecule has 33 heavy (non-hydrogen) atoms. The second-order valence-electron chi connectivity index (χ2n) is 6.86. The number of hydrogen-bond donors (Lipinski definition) is 1. The van der Waals surface area contributed by atoms with E-state index in [1.54, 1.807) is 60.7 Å². The summed E-state index contributed by atoms with van der Waals surface area (Å²) in [6.45, 7) is 0.918. The zero-order valence-corrected chi connectivity index (χ0v) is 19.1. The first-order valence-electron chi connectivity index (χ1n) is 9.92. The summed E-state index contributed by atoms with van der Waals surface area (Å²) >= 11 is 3.33. The summed E-state index contributed by atoms with van der Waals surface area (Å²) in [5.41, 5.74) is 3.91. The molecule has 1 aliphatic heterocycles. The number of esters is 1. The fourth-order valence-electron chi connectivity index (χ4n) is 3.01. The summed E-state index contributed by atoms with van der Waals surface area (Å²) in [6, 6.07) is 16.7. The number of methoxy groups -OCH3 is 1. The molecule has 3 aromatic rings. The highest BCUT2D eigenvalue weighted by Gasteiger charge is 2.15. The van der Waals surface area contributed by atoms with Crippen LogP contribution in [-0.2, 0) is 0 Å². The van der Waals surface area contributed by atoms with Gasteiger partial charge in [0.05, 0.1) is 18.9 Å². The van der Waals surface area contributed by atoms with E-state index in [1.807, 2.05) is 0 Å². The molecule has 168 valence electrons. The van der Waals surface area contributed by atoms with Crippen LogP contribution in [0.1, 0.15) is 26.3 Å². The van der Waals surface area contributed by atoms with Crippen molar-refractivity contribution in [2.24, 2.45) is 5.10 Å². The van der Waals surface area contributed by atoms with Crippen LogP contribution in [0.25, 0.3) is 0 Å². The van der Waals surface area contributed by atoms with Gasteiger partial charge in [0, 0.05) is 10.0 Å². The van der Waals surface area contributed by atoms with Gasteiger partial charge in [-0.25, -0.2) is 10.2 Å². The van der Waals surface area contributed by atoms with Crippen molar-refractivity contribution in [3.63, 3.8) is 0 Å². The molecule has 0 fully saturated rings. The van der Waals surface area contributed by atoms with E-state index in [9.17, 15) is 9.59 Å². The van der Waals surface area contributed by atoms with Gasteiger partial charge >= 0.3 is 5.97 Å². The molecule has 0 aromatic heterocycles. The van der Waals surface area contributed by atoms with Gasteiger partial charge in [-0.3, -0.25) is 4.79 Å². The number of nitrogens with zero attached hydrogens (tertiary/aromatic N) is 1. The Balaban J connectivity index is 1.40. The molecule has 8 nitrogen and oxygen atoms in total. The van der Waals surface area contributed by atoms with Gasteiger partial charge in [0.25, 0.3) is 5.91 Å². The van der Waals surface area contributed by atoms with Crippen molar-refractivity contribution in [2.75, 3.05) is 20.3 Å². The number of carbonyl (C=O) groups is 2. The molecule has 3 aromatic carbocycles. The van der Waals surface area contributed by atoms with Crippen LogP contribution in [-0.4, -0.2) is 38.4 Å². The Morgan fingerprint density at radius 2 is 1.67 bits per heavy atom. The van der Waals surface area contributed by atoms with Crippen LogP contribution in [0.3, 0.4) is 0 Å². The van der Waals surface area contributed by atoms with Crippen LogP contribution in [0, 0.1) is 0 Å². The van der Waals surface area contributed by atoms with E-state index in [1.165, 1.54) is 13.3 Å². The third-order valence-corrected chi connectivity index (χ3v) is 5.18. The minimum absolute atomic E-state index is 0.267. The van der Waals surface area contributed by atoms with Crippen LogP contribution in [0.15, 0.2) is 70.2 Å². The van der Waals surface area contributed by atoms with Gasteiger partial charge in [0.1, 0.15) is 13.2 Å². The average molecular weight is 511 g/mol. The first kappa shape index (κ1) is 22.3. The van der Waals surface area contributed by atoms with E-state index < -0.39 is 11.9 Å². The highest BCUT2D eigenvalue weighted by Crippen LogP contribution is 2.31. The van der Waals surface area contributed by atoms with Crippen molar-refractivity contribution in [3.05, 3.63) is 81.8 Å². The molecule has 0 saturated carbocycles. The van der Waals surface area contributed by atoms with Crippen LogP contribution < -0.4 is 24.4 Å². The second kappa shape index (κ2) is 10.2. The van der Waals surface area contributed by atoms with E-state index in [-0.39, 0.29) is 5.75 Å². The number of halogens is 1. The first-order chi connectivity index (χ1) is 16.0. The molecule has 0 saturated heterocycles. The molecule has 0 bridgehead atoms. The number of benzene rings is 3. The molecule has 1 aliphatic rings. The number of hydrogen-bond acceptors (Lipinski definition) is 7. The van der Waals surface area contributed by atoms with Gasteiger partial charge < -0.3 is 18.9 Å². The fraction of sp³-hybridized carbons (Fsp3) is 0.125. The van der Waals surface area contributed by atoms with Crippen LogP contribution in [0.5, 0.6) is 23.0 Å². The first-order valence-corrected chi connectivity index (χ1v) is 10.7. The van der Waals surface area contributed by atoms with Crippen molar-refractivity contribution in [1.82, 2.24) is 5.43 Å². The van der Waals surface area contributed by atoms with E-state index in [0.29, 0.717) is 47.2 Å². The summed E-state index contributed by atoms with van der Waals surface area (Å²) in [7, 11) is 1.47. The molecule has 0 radical (unpaired) electrons. The lowest BCUT2D eigenvalue weighted by molar-refractivity contribution is 0.0729. The predicted octanol–water partition coefficient (Wildman–Crippen LogP) is 4.21. The lowest BCUT2D eigenvalue weighted by Gasteiger charge is -2.18. The Kier molecular flexibility index (Phi) is 6.89. The molecule has 0 spiro atoms. The minimum Gasteiger partial charge on any atom is -0.493 e. The zero-order valence-electron chi connectivity index (χ0n) is 17.5. The lowest BCUT2D eigenvalue weighted by atomic mass is 10.2. The largest absolute Gasteiger partial charge is 0.493 e. The molecule has 0 atom stereocenters. The normalized spacial score (nSPS) is 12.3. The van der Waals surface area contributed by atoms with Gasteiger partial charge in [0.15, 0.2) is 23.0 Å². The van der Waals surface area contributed by atoms with Crippen molar-refractivity contribution < 1.29 is 28.5 Å². The SMILES string of the molecule is COc1cc(/C=N\NC(=O)c2ccc3c(c2)OCCO3)ccc1OC(=O)c1ccc(Br)cc1. The Hall–Kier alpha value is -3.85. The maximum absolute atomic E-state index is 12.4. The van der Waals surface area contributed by atoms with E-state index in [4.69, 9.17) is 18.9 Å². The quantitative estimate of drug-likeness (QED) is 0.231. The number of amides is 1. The number of fused-ring (bicyclic) bond motifs is 1. The Labute approximate surface area is 198 Å². The van der Waals surface area contributed by atoms with Crippen LogP contribution >= 0.6 is 15.9 Å². The fourth-order valence-corrected chi connectivity index (χ4v) is 3.27. The highest BCUT2D eigenvalue weighted by molar-refractivity contribution is 9.10. The van der Waals surface area contributed by atoms with E-state index in [0.717, 1.165) is 4.47 Å². The van der Waals surface area contributed by atoms with Crippen molar-refractivity contribution in [1.29, 1.82) is 0 Å². The maximum Gasteiger partial charge on any atom is 0.343 e. The lowest BCUT2D eigenvalue weighted by Crippen LogP contribution is -2.19. The van der Waals surface area contributed by atoms with Gasteiger partial charge in [-0.1, -0.05) is 15.9 Å². The van der Waals surface area contributed by atoms with Crippen LogP contribution in [0.2, 0.25) is 0 Å². The van der Waals surface area contributed by atoms with Crippen molar-refractivity contribution >= 4 is 34.0 Å². The smallest absolute Gasteiger partial charge is 0.343 e. The maximum atomic E-state index is 12.4. The number of nitrogens with one attached hydrogen (secondary N) is 1. The summed E-state index contributed by atoms with van der Waals surface area (Å²) in [5.74, 6) is 0.847. The summed E-state index contributed by atoms with van der Waals surface area (Å²) in [4.78, 5) is 24.7. The van der Waals surface area contributed by atoms with E-state index >= 15 is 0 Å². The van der Waals surface area contributed by atoms with Gasteiger partial charge in [-0.05, 0) is 66.2 Å². The molecule has 1 heterocycles. The standard InChI is InChI=1S/C24H19BrN2O6/c1-30-21-12-15(2-8-20(21)33-24(29)16-3-6-18(25)7-4-16)14-26-27-23(28)17-5-9-19-22(13-17)32-11-10-31-19/h2-9,12-14H,10-11H2,1H3,(H,27,28)/b26-14-. The third-order valence-electron chi connectivity index (χ3n) is 4.65. The Morgan fingerprint density at radius 1 is 0.939 bits per heavy atom. The van der Waals surface area contributed by atoms with E-state index in [2.05, 4.69) is 26.5 Å². The zero-order chi connectivity index (χ0) is 23.2. The Morgan fingerprint density at radius 3 is 2.42 bits per heavy atom. The number of hydrazone groups is 1. The molecule has 9 heteroatoms. The summed E-state index contributed by atoms with van der Waals surface area (Å²) in [6.07, 6.45) is 1.46. The number of ether oxygens (including phenoxy) is 4. The van der Waals surface area contributed by atoms with Gasteiger partial charge in [-0.2, -0.15) is 5.10 Å². The van der Waals surface area contributed by atoms with Gasteiger partial charge in [0.2, 0.25) is 0 Å². The minimum atomic E-state index is -0.506. The Bertz CT molecular complexity index is 1210. The molecule has 0 unspecified atom stereocenters. The summed E-state index contributed by atoms with van der Waals surface area (Å²) in [5, 5.41) is 3.99. The molecule has 1 N–H and O–H groups in total. The second-order valence-corrected chi connectivity index (χ2v) is 7.78. The molecule has 0 aliphatic carbocycles. The highest BCUT2D eigenvalue weighted by atomic mass is 79.9. The number of carbonyl (C=O) groups excluding carboxylic acids is 2. The topological polar surface area (TPSA) is 95.5 Å².